The van der Waals surface area contributed by atoms with Crippen LogP contribution in [0.2, 0.25) is 0 Å². The van der Waals surface area contributed by atoms with Gasteiger partial charge in [-0.3, -0.25) is 0 Å². The lowest BCUT2D eigenvalue weighted by Crippen LogP contribution is -2.42. The van der Waals surface area contributed by atoms with Gasteiger partial charge in [-0.25, -0.2) is 9.18 Å². The third-order valence-corrected chi connectivity index (χ3v) is 2.52. The van der Waals surface area contributed by atoms with Gasteiger partial charge in [0.15, 0.2) is 0 Å². The Morgan fingerprint density at radius 1 is 0.913 bits per heavy atom. The smallest absolute Gasteiger partial charge is 0.128 e. The lowest BCUT2D eigenvalue weighted by atomic mass is 10.4. The number of hydrogen-bond donors (Lipinski definition) is 2. The Morgan fingerprint density at radius 2 is 1.26 bits per heavy atom. The van der Waals surface area contributed by atoms with E-state index in [0.717, 1.165) is 0 Å². The molecule has 0 aliphatic rings. The van der Waals surface area contributed by atoms with Crippen LogP contribution in [0.1, 0.15) is 34.1 Å². The molecule has 0 aliphatic carbocycles. The van der Waals surface area contributed by atoms with Crippen molar-refractivity contribution in [2.45, 2.75) is 46.3 Å². The zero-order valence-electron chi connectivity index (χ0n) is 15.8. The van der Waals surface area contributed by atoms with E-state index < -0.39 is 12.2 Å². The van der Waals surface area contributed by atoms with Gasteiger partial charge in [-0.1, -0.05) is 6.92 Å². The highest BCUT2D eigenvalue weighted by Gasteiger charge is 2.16. The summed E-state index contributed by atoms with van der Waals surface area (Å²) in [7, 11) is 7.13. The lowest BCUT2D eigenvalue weighted by Gasteiger charge is -2.26. The molecule has 0 amide bonds. The quantitative estimate of drug-likeness (QED) is 0.260. The number of nitrogens with zero attached hydrogens (tertiary/aromatic N) is 4. The minimum atomic E-state index is -0.437. The van der Waals surface area contributed by atoms with Crippen molar-refractivity contribution in [3.05, 3.63) is 0 Å². The summed E-state index contributed by atoms with van der Waals surface area (Å²) in [6, 6.07) is 0. The molecule has 0 saturated heterocycles. The van der Waals surface area contributed by atoms with Crippen LogP contribution in [0.5, 0.6) is 0 Å². The zero-order chi connectivity index (χ0) is 18.8. The molecule has 0 rings (SSSR count). The number of hydrogen-bond acceptors (Lipinski definition) is 6. The summed E-state index contributed by atoms with van der Waals surface area (Å²) in [4.78, 5) is 0. The fourth-order valence-electron chi connectivity index (χ4n) is 2.13. The molecule has 0 bridgehead atoms. The van der Waals surface area contributed by atoms with Gasteiger partial charge >= 0.3 is 0 Å². The van der Waals surface area contributed by atoms with E-state index in [9.17, 15) is 10.2 Å². The fraction of sp³-hybridized carbons (Fsp3) is 0.867. The molecule has 0 aromatic heterocycles. The van der Waals surface area contributed by atoms with Gasteiger partial charge in [0.05, 0.1) is 28.2 Å². The van der Waals surface area contributed by atoms with Gasteiger partial charge in [0.1, 0.15) is 25.3 Å². The first-order valence-electron chi connectivity index (χ1n) is 7.73. The van der Waals surface area contributed by atoms with Gasteiger partial charge in [0.2, 0.25) is 0 Å². The van der Waals surface area contributed by atoms with Crippen LogP contribution in [0.4, 0.5) is 0 Å². The monoisotopic (exact) mass is 334 g/mol. The van der Waals surface area contributed by atoms with Crippen molar-refractivity contribution in [1.29, 1.82) is 0 Å². The average molecular weight is 334 g/mol. The molecule has 2 atom stereocenters. The predicted octanol–water partition coefficient (Wildman–Crippen LogP) is -1.34. The minimum absolute atomic E-state index is 0.124. The van der Waals surface area contributed by atoms with Gasteiger partial charge in [0, 0.05) is 11.8 Å². The normalized spacial score (nSPS) is 16.4. The molecule has 2 N–H and O–H groups in total. The fourth-order valence-corrected chi connectivity index (χ4v) is 2.13. The molecule has 8 nitrogen and oxygen atoms in total. The first kappa shape index (κ1) is 24.0. The maximum absolute atomic E-state index is 10.9. The third-order valence-electron chi connectivity index (χ3n) is 2.52. The Labute approximate surface area is 140 Å². The number of rotatable bonds is 7. The summed E-state index contributed by atoms with van der Waals surface area (Å²) in [5.41, 5.74) is 0. The van der Waals surface area contributed by atoms with Crippen LogP contribution >= 0.6 is 0 Å². The Morgan fingerprint density at radius 3 is 1.52 bits per heavy atom. The molecular formula is C15H34N4O4. The van der Waals surface area contributed by atoms with Crippen LogP contribution in [0.3, 0.4) is 0 Å². The molecule has 0 aromatic rings. The van der Waals surface area contributed by atoms with Crippen molar-refractivity contribution in [3.63, 3.8) is 0 Å². The predicted molar refractivity (Wildman–Crippen MR) is 88.1 cm³/mol. The van der Waals surface area contributed by atoms with Crippen molar-refractivity contribution < 1.29 is 29.6 Å². The zero-order valence-corrected chi connectivity index (χ0v) is 15.8. The standard InChI is InChI=1S/C8H18N2O2.C7H16N2O2/c1-5-8(12)9-10(3,4)6-7(2)11;1-6(10)5-9(3,4)8-7(2)11/h7,11H,5-6H2,1-4H3;6,10H,5H2,1-4H3. The van der Waals surface area contributed by atoms with Crippen LogP contribution in [0.25, 0.3) is 0 Å². The number of aliphatic hydroxyl groups excluding tert-OH is 2. The highest BCUT2D eigenvalue weighted by molar-refractivity contribution is 5.70. The summed E-state index contributed by atoms with van der Waals surface area (Å²) in [6.45, 7) is 7.46. The highest BCUT2D eigenvalue weighted by atomic mass is 16.3. The summed E-state index contributed by atoms with van der Waals surface area (Å²) in [6.07, 6.45) is -0.455. The molecule has 2 unspecified atom stereocenters. The highest BCUT2D eigenvalue weighted by Crippen LogP contribution is 2.01. The topological polar surface area (TPSA) is 111 Å². The van der Waals surface area contributed by atoms with E-state index in [1.165, 1.54) is 6.92 Å². The number of likely N-dealkylation sites (N-methyl/N-ethyl adjacent to an activating group) is 2. The molecule has 0 radical (unpaired) electrons. The minimum Gasteiger partial charge on any atom is -0.858 e. The second kappa shape index (κ2) is 10.5. The molecule has 0 heterocycles. The molecule has 0 saturated carbocycles. The van der Waals surface area contributed by atoms with Crippen LogP contribution in [-0.2, 0) is 0 Å². The van der Waals surface area contributed by atoms with Crippen molar-refractivity contribution >= 4 is 11.8 Å². The van der Waals surface area contributed by atoms with E-state index in [4.69, 9.17) is 10.2 Å². The maximum atomic E-state index is 10.9. The molecule has 8 heteroatoms. The first-order chi connectivity index (χ1) is 10.2. The van der Waals surface area contributed by atoms with Crippen LogP contribution in [-0.4, -0.2) is 84.7 Å². The number of aliphatic hydroxyl groups is 2. The molecule has 0 spiro atoms. The second-order valence-electron chi connectivity index (χ2n) is 6.77. The van der Waals surface area contributed by atoms with Crippen molar-refractivity contribution in [3.8, 4) is 0 Å². The molecule has 138 valence electrons. The summed E-state index contributed by atoms with van der Waals surface area (Å²) >= 11 is 0. The molecule has 0 aromatic carbocycles. The second-order valence-corrected chi connectivity index (χ2v) is 6.77. The Balaban J connectivity index is 0. The third kappa shape index (κ3) is 17.0. The van der Waals surface area contributed by atoms with Crippen molar-refractivity contribution in [1.82, 2.24) is 0 Å². The van der Waals surface area contributed by atoms with Crippen molar-refractivity contribution in [2.24, 2.45) is 10.2 Å². The van der Waals surface area contributed by atoms with Gasteiger partial charge in [-0.05, 0) is 27.2 Å². The van der Waals surface area contributed by atoms with Gasteiger partial charge in [-0.2, -0.15) is 0 Å². The Hall–Kier alpha value is -1.22. The molecular weight excluding hydrogens is 300 g/mol. The first-order valence-corrected chi connectivity index (χ1v) is 7.73. The lowest BCUT2D eigenvalue weighted by molar-refractivity contribution is -0.901. The Kier molecular flexibility index (Phi) is 11.0. The SMILES string of the molecule is CC([O-])=N[N+](C)(C)CC(C)O.CCC([O-])=N[N+](C)(C)CC(C)O. The maximum Gasteiger partial charge on any atom is 0.128 e. The summed E-state index contributed by atoms with van der Waals surface area (Å²) in [5.74, 6) is -0.337. The Bertz CT molecular complexity index is 387. The summed E-state index contributed by atoms with van der Waals surface area (Å²) < 4.78 is 0.386. The van der Waals surface area contributed by atoms with E-state index in [1.807, 2.05) is 0 Å². The molecule has 0 aliphatic heterocycles. The van der Waals surface area contributed by atoms with Crippen LogP contribution in [0.15, 0.2) is 10.2 Å². The summed E-state index contributed by atoms with van der Waals surface area (Å²) in [5, 5.41) is 47.3. The van der Waals surface area contributed by atoms with Crippen molar-refractivity contribution in [2.75, 3.05) is 41.3 Å². The molecule has 23 heavy (non-hydrogen) atoms. The van der Waals surface area contributed by atoms with Crippen LogP contribution < -0.4 is 10.2 Å². The van der Waals surface area contributed by atoms with E-state index in [2.05, 4.69) is 10.2 Å². The van der Waals surface area contributed by atoms with Gasteiger partial charge in [0.25, 0.3) is 0 Å². The van der Waals surface area contributed by atoms with Crippen LogP contribution in [0, 0.1) is 0 Å². The molecule has 0 fully saturated rings. The van der Waals surface area contributed by atoms with E-state index in [0.29, 0.717) is 19.5 Å². The average Bonchev–Trinajstić information content (AvgIpc) is 2.22. The van der Waals surface area contributed by atoms with E-state index in [-0.39, 0.29) is 21.0 Å². The van der Waals surface area contributed by atoms with E-state index in [1.54, 1.807) is 49.0 Å². The van der Waals surface area contributed by atoms with E-state index >= 15 is 0 Å². The van der Waals surface area contributed by atoms with Gasteiger partial charge in [-0.15, -0.1) is 10.2 Å². The number of quaternary nitrogens is 2. The largest absolute Gasteiger partial charge is 0.858 e. The van der Waals surface area contributed by atoms with Gasteiger partial charge < -0.3 is 20.4 Å².